The maximum atomic E-state index is 11.7. The van der Waals surface area contributed by atoms with Gasteiger partial charge in [-0.2, -0.15) is 0 Å². The Balaban J connectivity index is 2.19. The van der Waals surface area contributed by atoms with Crippen molar-refractivity contribution >= 4 is 22.9 Å². The monoisotopic (exact) mass is 362 g/mol. The first-order valence-electron chi connectivity index (χ1n) is 9.09. The molecule has 0 saturated heterocycles. The second kappa shape index (κ2) is 8.84. The number of hydrogen-bond donors (Lipinski definition) is 3. The van der Waals surface area contributed by atoms with Crippen LogP contribution in [0.25, 0.3) is 11.0 Å². The SMILES string of the molecule is CCOCc1nc2c(N)nc(C)c(C)c2n1CCCNC(=O)NC(C)C. The average molecular weight is 362 g/mol. The molecule has 0 bridgehead atoms. The fourth-order valence-corrected chi connectivity index (χ4v) is 2.84. The van der Waals surface area contributed by atoms with Gasteiger partial charge in [0.05, 0.1) is 5.52 Å². The summed E-state index contributed by atoms with van der Waals surface area (Å²) in [7, 11) is 0. The van der Waals surface area contributed by atoms with E-state index in [0.29, 0.717) is 37.6 Å². The van der Waals surface area contributed by atoms with Crippen molar-refractivity contribution in [3.63, 3.8) is 0 Å². The van der Waals surface area contributed by atoms with Crippen LogP contribution >= 0.6 is 0 Å². The number of rotatable bonds is 8. The first-order valence-corrected chi connectivity index (χ1v) is 9.09. The Kier molecular flexibility index (Phi) is 6.79. The molecule has 2 heterocycles. The van der Waals surface area contributed by atoms with Gasteiger partial charge in [0.1, 0.15) is 17.9 Å². The van der Waals surface area contributed by atoms with Crippen molar-refractivity contribution in [2.24, 2.45) is 0 Å². The van der Waals surface area contributed by atoms with E-state index in [2.05, 4.69) is 25.2 Å². The van der Waals surface area contributed by atoms with Crippen LogP contribution in [0.4, 0.5) is 10.6 Å². The molecule has 0 unspecified atom stereocenters. The van der Waals surface area contributed by atoms with Crippen LogP contribution in [0.5, 0.6) is 0 Å². The van der Waals surface area contributed by atoms with E-state index in [1.54, 1.807) is 0 Å². The molecule has 2 aromatic heterocycles. The number of nitrogens with zero attached hydrogens (tertiary/aromatic N) is 3. The number of aryl methyl sites for hydroxylation is 3. The van der Waals surface area contributed by atoms with Gasteiger partial charge in [0.15, 0.2) is 5.82 Å². The van der Waals surface area contributed by atoms with Gasteiger partial charge < -0.3 is 25.7 Å². The van der Waals surface area contributed by atoms with Crippen molar-refractivity contribution in [2.75, 3.05) is 18.9 Å². The van der Waals surface area contributed by atoms with Gasteiger partial charge in [-0.25, -0.2) is 14.8 Å². The van der Waals surface area contributed by atoms with Crippen LogP contribution in [-0.2, 0) is 17.9 Å². The van der Waals surface area contributed by atoms with Crippen molar-refractivity contribution in [3.05, 3.63) is 17.1 Å². The summed E-state index contributed by atoms with van der Waals surface area (Å²) < 4.78 is 7.70. The quantitative estimate of drug-likeness (QED) is 0.625. The Morgan fingerprint density at radius 2 is 2.04 bits per heavy atom. The fourth-order valence-electron chi connectivity index (χ4n) is 2.84. The first kappa shape index (κ1) is 20.0. The lowest BCUT2D eigenvalue weighted by molar-refractivity contribution is 0.126. The van der Waals surface area contributed by atoms with E-state index in [-0.39, 0.29) is 12.1 Å². The van der Waals surface area contributed by atoms with Gasteiger partial charge in [-0.3, -0.25) is 0 Å². The number of carbonyl (C=O) groups excluding carboxylic acids is 1. The highest BCUT2D eigenvalue weighted by Crippen LogP contribution is 2.26. The Morgan fingerprint density at radius 1 is 1.31 bits per heavy atom. The molecule has 0 aromatic carbocycles. The molecule has 0 atom stereocenters. The molecule has 26 heavy (non-hydrogen) atoms. The van der Waals surface area contributed by atoms with Crippen LogP contribution in [0.15, 0.2) is 0 Å². The topological polar surface area (TPSA) is 107 Å². The maximum Gasteiger partial charge on any atom is 0.314 e. The minimum absolute atomic E-state index is 0.117. The Bertz CT molecular complexity index is 769. The van der Waals surface area contributed by atoms with Gasteiger partial charge in [-0.05, 0) is 46.6 Å². The largest absolute Gasteiger partial charge is 0.382 e. The second-order valence-corrected chi connectivity index (χ2v) is 6.63. The zero-order valence-electron chi connectivity index (χ0n) is 16.3. The second-order valence-electron chi connectivity index (χ2n) is 6.63. The molecule has 0 aliphatic heterocycles. The first-order chi connectivity index (χ1) is 12.3. The molecule has 0 saturated carbocycles. The van der Waals surface area contributed by atoms with Gasteiger partial charge in [-0.1, -0.05) is 0 Å². The van der Waals surface area contributed by atoms with Crippen LogP contribution < -0.4 is 16.4 Å². The molecule has 0 aliphatic carbocycles. The highest BCUT2D eigenvalue weighted by atomic mass is 16.5. The highest BCUT2D eigenvalue weighted by Gasteiger charge is 2.17. The van der Waals surface area contributed by atoms with Gasteiger partial charge >= 0.3 is 6.03 Å². The molecule has 0 aliphatic rings. The minimum atomic E-state index is -0.148. The lowest BCUT2D eigenvalue weighted by atomic mass is 10.2. The van der Waals surface area contributed by atoms with E-state index in [0.717, 1.165) is 29.0 Å². The summed E-state index contributed by atoms with van der Waals surface area (Å²) in [4.78, 5) is 20.7. The van der Waals surface area contributed by atoms with Crippen LogP contribution in [0.1, 0.15) is 44.3 Å². The van der Waals surface area contributed by atoms with Gasteiger partial charge in [0, 0.05) is 31.4 Å². The van der Waals surface area contributed by atoms with Crippen molar-refractivity contribution in [1.29, 1.82) is 0 Å². The summed E-state index contributed by atoms with van der Waals surface area (Å²) >= 11 is 0. The van der Waals surface area contributed by atoms with Crippen LogP contribution in [-0.4, -0.2) is 39.8 Å². The number of urea groups is 1. The third kappa shape index (κ3) is 4.63. The molecule has 8 heteroatoms. The molecule has 4 N–H and O–H groups in total. The van der Waals surface area contributed by atoms with Crippen molar-refractivity contribution in [2.45, 2.75) is 60.2 Å². The third-order valence-electron chi connectivity index (χ3n) is 4.17. The number of fused-ring (bicyclic) bond motifs is 1. The molecule has 2 amide bonds. The number of carbonyl (C=O) groups is 1. The summed E-state index contributed by atoms with van der Waals surface area (Å²) in [6.45, 7) is 12.1. The molecule has 0 spiro atoms. The predicted octanol–water partition coefficient (Wildman–Crippen LogP) is 2.26. The van der Waals surface area contributed by atoms with Crippen molar-refractivity contribution in [3.8, 4) is 0 Å². The highest BCUT2D eigenvalue weighted by molar-refractivity contribution is 5.88. The number of imidazole rings is 1. The lowest BCUT2D eigenvalue weighted by Crippen LogP contribution is -2.40. The molecule has 2 aromatic rings. The minimum Gasteiger partial charge on any atom is -0.382 e. The molecular formula is C18H30N6O2. The zero-order valence-corrected chi connectivity index (χ0v) is 16.3. The molecule has 144 valence electrons. The normalized spacial score (nSPS) is 11.3. The summed E-state index contributed by atoms with van der Waals surface area (Å²) in [5.74, 6) is 1.27. The average Bonchev–Trinajstić information content (AvgIpc) is 2.93. The van der Waals surface area contributed by atoms with E-state index in [9.17, 15) is 4.79 Å². The number of ether oxygens (including phenoxy) is 1. The number of nitrogens with two attached hydrogens (primary N) is 1. The fraction of sp³-hybridized carbons (Fsp3) is 0.611. The van der Waals surface area contributed by atoms with Crippen LogP contribution in [0, 0.1) is 13.8 Å². The number of pyridine rings is 1. The Morgan fingerprint density at radius 3 is 2.69 bits per heavy atom. The maximum absolute atomic E-state index is 11.7. The predicted molar refractivity (Wildman–Crippen MR) is 103 cm³/mol. The van der Waals surface area contributed by atoms with Crippen LogP contribution in [0.3, 0.4) is 0 Å². The van der Waals surface area contributed by atoms with E-state index in [4.69, 9.17) is 10.5 Å². The number of aromatic nitrogens is 3. The Hall–Kier alpha value is -2.35. The van der Waals surface area contributed by atoms with Crippen molar-refractivity contribution < 1.29 is 9.53 Å². The van der Waals surface area contributed by atoms with Gasteiger partial charge in [0.25, 0.3) is 0 Å². The number of nitrogens with one attached hydrogen (secondary N) is 2. The lowest BCUT2D eigenvalue weighted by Gasteiger charge is -2.13. The summed E-state index contributed by atoms with van der Waals surface area (Å²) in [5, 5.41) is 5.69. The summed E-state index contributed by atoms with van der Waals surface area (Å²) in [5.41, 5.74) is 9.76. The van der Waals surface area contributed by atoms with E-state index in [1.807, 2.05) is 34.6 Å². The molecule has 8 nitrogen and oxygen atoms in total. The number of anilines is 1. The summed E-state index contributed by atoms with van der Waals surface area (Å²) in [6, 6.07) is -0.0306. The molecule has 0 radical (unpaired) electrons. The molecule has 0 fully saturated rings. The number of hydrogen-bond acceptors (Lipinski definition) is 5. The van der Waals surface area contributed by atoms with Gasteiger partial charge in [-0.15, -0.1) is 0 Å². The summed E-state index contributed by atoms with van der Waals surface area (Å²) in [6.07, 6.45) is 0.775. The molecular weight excluding hydrogens is 332 g/mol. The zero-order chi connectivity index (χ0) is 19.3. The van der Waals surface area contributed by atoms with E-state index < -0.39 is 0 Å². The Labute approximate surface area is 154 Å². The standard InChI is InChI=1S/C18H30N6O2/c1-6-26-10-14-23-15-16(12(4)13(5)22-17(15)19)24(14)9-7-8-20-18(25)21-11(2)3/h11H,6-10H2,1-5H3,(H2,19,22)(H2,20,21,25). The smallest absolute Gasteiger partial charge is 0.314 e. The number of nitrogen functional groups attached to an aromatic ring is 1. The van der Waals surface area contributed by atoms with E-state index in [1.165, 1.54) is 0 Å². The third-order valence-corrected chi connectivity index (χ3v) is 4.17. The van der Waals surface area contributed by atoms with Crippen LogP contribution in [0.2, 0.25) is 0 Å². The van der Waals surface area contributed by atoms with Gasteiger partial charge in [0.2, 0.25) is 0 Å². The van der Waals surface area contributed by atoms with Crippen molar-refractivity contribution in [1.82, 2.24) is 25.2 Å². The molecule has 2 rings (SSSR count). The number of amides is 2. The van der Waals surface area contributed by atoms with E-state index >= 15 is 0 Å².